The molecule has 1 fully saturated rings. The average molecular weight is 428 g/mol. The molecule has 4 rings (SSSR count). The highest BCUT2D eigenvalue weighted by Gasteiger charge is 2.28. The first-order chi connectivity index (χ1) is 14.9. The van der Waals surface area contributed by atoms with Gasteiger partial charge in [0.05, 0.1) is 19.3 Å². The molecule has 1 atom stereocenters. The lowest BCUT2D eigenvalue weighted by atomic mass is 10.1. The summed E-state index contributed by atoms with van der Waals surface area (Å²) in [5.41, 5.74) is 2.31. The van der Waals surface area contributed by atoms with Crippen LogP contribution in [-0.2, 0) is 17.7 Å². The first-order valence-corrected chi connectivity index (χ1v) is 10.5. The van der Waals surface area contributed by atoms with E-state index in [9.17, 15) is 9.59 Å². The van der Waals surface area contributed by atoms with E-state index in [0.717, 1.165) is 18.8 Å². The second kappa shape index (κ2) is 9.07. The number of anilines is 1. The number of ether oxygens (including phenoxy) is 1. The maximum Gasteiger partial charge on any atom is 0.307 e. The van der Waals surface area contributed by atoms with Gasteiger partial charge < -0.3 is 29.2 Å². The molecule has 31 heavy (non-hydrogen) atoms. The van der Waals surface area contributed by atoms with Crippen LogP contribution in [0.1, 0.15) is 32.5 Å². The summed E-state index contributed by atoms with van der Waals surface area (Å²) in [5.74, 6) is 0.302. The lowest BCUT2D eigenvalue weighted by Crippen LogP contribution is -2.46. The molecular weight excluding hydrogens is 398 g/mol. The molecule has 0 saturated carbocycles. The SMILES string of the molecule is CN1CCO[C@@H](CNC(=O)c2nc3c(o2)CCN(C(=O)c2ccc(N(C)C)cc2)C3)C1. The van der Waals surface area contributed by atoms with Gasteiger partial charge in [-0.25, -0.2) is 4.98 Å². The molecule has 2 aliphatic rings. The average Bonchev–Trinajstić information content (AvgIpc) is 3.20. The van der Waals surface area contributed by atoms with Crippen LogP contribution in [0.2, 0.25) is 0 Å². The summed E-state index contributed by atoms with van der Waals surface area (Å²) >= 11 is 0. The van der Waals surface area contributed by atoms with Gasteiger partial charge in [0.1, 0.15) is 11.5 Å². The van der Waals surface area contributed by atoms with Gasteiger partial charge in [-0.3, -0.25) is 9.59 Å². The number of amides is 2. The van der Waals surface area contributed by atoms with Crippen LogP contribution in [-0.4, -0.2) is 86.6 Å². The number of rotatable bonds is 5. The van der Waals surface area contributed by atoms with Gasteiger partial charge >= 0.3 is 5.91 Å². The zero-order valence-electron chi connectivity index (χ0n) is 18.3. The first-order valence-electron chi connectivity index (χ1n) is 10.5. The molecule has 0 unspecified atom stereocenters. The molecule has 2 aliphatic heterocycles. The van der Waals surface area contributed by atoms with Crippen LogP contribution in [0.4, 0.5) is 5.69 Å². The number of fused-ring (bicyclic) bond motifs is 1. The van der Waals surface area contributed by atoms with Gasteiger partial charge in [0.2, 0.25) is 0 Å². The van der Waals surface area contributed by atoms with Crippen molar-refractivity contribution < 1.29 is 18.7 Å². The standard InChI is InChI=1S/C22H29N5O4/c1-25(2)16-6-4-15(5-7-16)22(29)27-9-8-19-18(14-27)24-21(31-19)20(28)23-12-17-13-26(3)10-11-30-17/h4-7,17H,8-14H2,1-3H3,(H,23,28)/t17-/m0/s1. The van der Waals surface area contributed by atoms with Crippen LogP contribution in [0.5, 0.6) is 0 Å². The Morgan fingerprint density at radius 3 is 2.71 bits per heavy atom. The van der Waals surface area contributed by atoms with E-state index < -0.39 is 0 Å². The Bertz CT molecular complexity index is 940. The summed E-state index contributed by atoms with van der Waals surface area (Å²) in [6.07, 6.45) is 0.493. The van der Waals surface area contributed by atoms with Crippen molar-refractivity contribution in [1.29, 1.82) is 0 Å². The molecule has 2 aromatic rings. The minimum Gasteiger partial charge on any atom is -0.437 e. The fourth-order valence-corrected chi connectivity index (χ4v) is 3.83. The first kappa shape index (κ1) is 21.3. The lowest BCUT2D eigenvalue weighted by molar-refractivity contribution is -0.0176. The molecule has 9 nitrogen and oxygen atoms in total. The van der Waals surface area contributed by atoms with Gasteiger partial charge in [-0.1, -0.05) is 0 Å². The van der Waals surface area contributed by atoms with E-state index >= 15 is 0 Å². The van der Waals surface area contributed by atoms with Crippen molar-refractivity contribution in [3.63, 3.8) is 0 Å². The van der Waals surface area contributed by atoms with Crippen molar-refractivity contribution in [2.24, 2.45) is 0 Å². The van der Waals surface area contributed by atoms with Gasteiger partial charge in [-0.05, 0) is 31.3 Å². The number of aromatic nitrogens is 1. The Labute approximate surface area is 182 Å². The predicted molar refractivity (Wildman–Crippen MR) is 115 cm³/mol. The Morgan fingerprint density at radius 1 is 1.23 bits per heavy atom. The minimum absolute atomic E-state index is 0.0406. The highest BCUT2D eigenvalue weighted by atomic mass is 16.5. The summed E-state index contributed by atoms with van der Waals surface area (Å²) in [7, 11) is 5.95. The number of morpholine rings is 1. The molecule has 1 saturated heterocycles. The Kier molecular flexibility index (Phi) is 6.24. The van der Waals surface area contributed by atoms with E-state index in [4.69, 9.17) is 9.15 Å². The second-order valence-corrected chi connectivity index (χ2v) is 8.27. The normalized spacial score (nSPS) is 19.1. The number of carbonyl (C=O) groups is 2. The molecule has 1 N–H and O–H groups in total. The zero-order valence-corrected chi connectivity index (χ0v) is 18.3. The summed E-state index contributed by atoms with van der Waals surface area (Å²) in [4.78, 5) is 35.6. The molecule has 9 heteroatoms. The van der Waals surface area contributed by atoms with E-state index in [1.54, 1.807) is 4.90 Å². The number of hydrogen-bond donors (Lipinski definition) is 1. The Balaban J connectivity index is 1.36. The largest absolute Gasteiger partial charge is 0.437 e. The van der Waals surface area contributed by atoms with Crippen LogP contribution >= 0.6 is 0 Å². The highest BCUT2D eigenvalue weighted by molar-refractivity contribution is 5.94. The topological polar surface area (TPSA) is 91.1 Å². The van der Waals surface area contributed by atoms with Crippen LogP contribution in [0.3, 0.4) is 0 Å². The van der Waals surface area contributed by atoms with Crippen molar-refractivity contribution >= 4 is 17.5 Å². The van der Waals surface area contributed by atoms with Crippen molar-refractivity contribution in [3.8, 4) is 0 Å². The number of hydrogen-bond acceptors (Lipinski definition) is 7. The number of likely N-dealkylation sites (N-methyl/N-ethyl adjacent to an activating group) is 1. The molecule has 2 amide bonds. The molecule has 0 bridgehead atoms. The van der Waals surface area contributed by atoms with Gasteiger partial charge in [0.15, 0.2) is 0 Å². The summed E-state index contributed by atoms with van der Waals surface area (Å²) in [5, 5.41) is 2.84. The number of carbonyl (C=O) groups excluding carboxylic acids is 2. The summed E-state index contributed by atoms with van der Waals surface area (Å²) < 4.78 is 11.4. The lowest BCUT2D eigenvalue weighted by Gasteiger charge is -2.29. The molecule has 0 spiro atoms. The van der Waals surface area contributed by atoms with Crippen molar-refractivity contribution in [2.75, 3.05) is 58.8 Å². The number of oxazole rings is 1. The fraction of sp³-hybridized carbons (Fsp3) is 0.500. The number of nitrogens with zero attached hydrogens (tertiary/aromatic N) is 4. The van der Waals surface area contributed by atoms with Crippen LogP contribution in [0, 0.1) is 0 Å². The fourth-order valence-electron chi connectivity index (χ4n) is 3.83. The van der Waals surface area contributed by atoms with Gasteiger partial charge in [0, 0.05) is 57.9 Å². The van der Waals surface area contributed by atoms with E-state index in [1.807, 2.05) is 50.3 Å². The molecule has 166 valence electrons. The van der Waals surface area contributed by atoms with E-state index in [2.05, 4.69) is 15.2 Å². The van der Waals surface area contributed by atoms with Crippen molar-refractivity contribution in [1.82, 2.24) is 20.1 Å². The van der Waals surface area contributed by atoms with E-state index in [0.29, 0.717) is 49.7 Å². The Morgan fingerprint density at radius 2 is 2.00 bits per heavy atom. The molecular formula is C22H29N5O4. The smallest absolute Gasteiger partial charge is 0.307 e. The maximum absolute atomic E-state index is 12.9. The predicted octanol–water partition coefficient (Wildman–Crippen LogP) is 1.000. The quantitative estimate of drug-likeness (QED) is 0.761. The van der Waals surface area contributed by atoms with Gasteiger partial charge in [0.25, 0.3) is 11.8 Å². The third kappa shape index (κ3) is 4.88. The van der Waals surface area contributed by atoms with Gasteiger partial charge in [-0.2, -0.15) is 0 Å². The van der Waals surface area contributed by atoms with E-state index in [-0.39, 0.29) is 23.8 Å². The van der Waals surface area contributed by atoms with Crippen molar-refractivity contribution in [2.45, 2.75) is 19.1 Å². The Hall–Kier alpha value is -2.91. The second-order valence-electron chi connectivity index (χ2n) is 8.27. The number of nitrogens with one attached hydrogen (secondary N) is 1. The van der Waals surface area contributed by atoms with E-state index in [1.165, 1.54) is 0 Å². The van der Waals surface area contributed by atoms with Crippen LogP contribution in [0.25, 0.3) is 0 Å². The van der Waals surface area contributed by atoms with Crippen molar-refractivity contribution in [3.05, 3.63) is 47.2 Å². The summed E-state index contributed by atoms with van der Waals surface area (Å²) in [6.45, 7) is 3.59. The monoisotopic (exact) mass is 427 g/mol. The third-order valence-corrected chi connectivity index (χ3v) is 5.67. The van der Waals surface area contributed by atoms with Gasteiger partial charge in [-0.15, -0.1) is 0 Å². The van der Waals surface area contributed by atoms with Crippen LogP contribution in [0.15, 0.2) is 28.7 Å². The highest BCUT2D eigenvalue weighted by Crippen LogP contribution is 2.22. The third-order valence-electron chi connectivity index (χ3n) is 5.67. The molecule has 3 heterocycles. The summed E-state index contributed by atoms with van der Waals surface area (Å²) in [6, 6.07) is 7.52. The number of benzene rings is 1. The maximum atomic E-state index is 12.9. The zero-order chi connectivity index (χ0) is 22.0. The molecule has 1 aromatic carbocycles. The minimum atomic E-state index is -0.358. The molecule has 0 radical (unpaired) electrons. The molecule has 0 aliphatic carbocycles. The molecule has 1 aromatic heterocycles. The van der Waals surface area contributed by atoms with Crippen LogP contribution < -0.4 is 10.2 Å².